The second kappa shape index (κ2) is 12.6. The van der Waals surface area contributed by atoms with Crippen LogP contribution in [0, 0.1) is 0 Å². The van der Waals surface area contributed by atoms with Gasteiger partial charge in [-0.05, 0) is 32.6 Å². The van der Waals surface area contributed by atoms with E-state index in [-0.39, 0.29) is 23.1 Å². The predicted octanol–water partition coefficient (Wildman–Crippen LogP) is 1.11. The molecule has 1 unspecified atom stereocenters. The van der Waals surface area contributed by atoms with E-state index in [1.807, 2.05) is 6.92 Å². The second-order valence-corrected chi connectivity index (χ2v) is 11.6. The minimum absolute atomic E-state index is 0.00759. The molecule has 17 heteroatoms. The van der Waals surface area contributed by atoms with Crippen molar-refractivity contribution < 1.29 is 28.7 Å². The zero-order valence-electron chi connectivity index (χ0n) is 22.7. The molecule has 1 fully saturated rings. The summed E-state index contributed by atoms with van der Waals surface area (Å²) in [5.74, 6) is 4.66. The fraction of sp³-hybridized carbons (Fsp3) is 0.478. The molecule has 1 aromatic rings. The molecule has 0 aliphatic carbocycles. The Morgan fingerprint density at radius 2 is 2.00 bits per heavy atom. The third kappa shape index (κ3) is 7.42. The van der Waals surface area contributed by atoms with Crippen LogP contribution in [-0.2, 0) is 19.1 Å². The van der Waals surface area contributed by atoms with E-state index in [4.69, 9.17) is 26.8 Å². The van der Waals surface area contributed by atoms with Crippen molar-refractivity contribution in [2.75, 3.05) is 19.0 Å². The summed E-state index contributed by atoms with van der Waals surface area (Å²) >= 11 is 2.38. The molecule has 1 aromatic heterocycles. The number of hydrazone groups is 1. The van der Waals surface area contributed by atoms with Crippen molar-refractivity contribution in [2.24, 2.45) is 22.4 Å². The van der Waals surface area contributed by atoms with Crippen molar-refractivity contribution in [1.29, 1.82) is 0 Å². The van der Waals surface area contributed by atoms with Crippen LogP contribution in [0.15, 0.2) is 27.5 Å². The molecular formula is C23H33N9O6S2. The fourth-order valence-corrected chi connectivity index (χ4v) is 5.76. The number of allylic oxidation sites excluding steroid dienone is 1. The van der Waals surface area contributed by atoms with Crippen LogP contribution in [0.1, 0.15) is 39.8 Å². The number of hydrogen-bond acceptors (Lipinski definition) is 12. The van der Waals surface area contributed by atoms with E-state index >= 15 is 0 Å². The summed E-state index contributed by atoms with van der Waals surface area (Å²) in [4.78, 5) is 55.6. The number of anilines is 1. The van der Waals surface area contributed by atoms with E-state index in [1.54, 1.807) is 37.6 Å². The fourth-order valence-electron chi connectivity index (χ4n) is 3.86. The Kier molecular flexibility index (Phi) is 9.65. The number of primary amides is 1. The van der Waals surface area contributed by atoms with Gasteiger partial charge >= 0.3 is 12.2 Å². The van der Waals surface area contributed by atoms with Gasteiger partial charge < -0.3 is 31.2 Å². The summed E-state index contributed by atoms with van der Waals surface area (Å²) in [7, 11) is 1.46. The molecule has 2 aliphatic rings. The SMILES string of the molecule is CC/C=C(\C(=O)N[C@@H]1C(=O)N2C(/C(N)=N/N(C)N)C(COC(N)=O)=CS[C@H]12)c1csc(NC(=O)OC(C)(C)C)n1. The van der Waals surface area contributed by atoms with E-state index in [1.165, 1.54) is 23.7 Å². The van der Waals surface area contributed by atoms with Crippen LogP contribution >= 0.6 is 23.1 Å². The van der Waals surface area contributed by atoms with Gasteiger partial charge in [0, 0.05) is 18.0 Å². The molecule has 3 heterocycles. The van der Waals surface area contributed by atoms with Gasteiger partial charge in [0.2, 0.25) is 5.91 Å². The Labute approximate surface area is 239 Å². The summed E-state index contributed by atoms with van der Waals surface area (Å²) in [5.41, 5.74) is 11.6. The number of carbonyl (C=O) groups excluding carboxylic acids is 4. The zero-order valence-corrected chi connectivity index (χ0v) is 24.3. The van der Waals surface area contributed by atoms with Gasteiger partial charge in [0.25, 0.3) is 5.91 Å². The van der Waals surface area contributed by atoms with Crippen molar-refractivity contribution in [2.45, 2.75) is 57.2 Å². The Morgan fingerprint density at radius 1 is 1.30 bits per heavy atom. The first-order chi connectivity index (χ1) is 18.7. The minimum Gasteiger partial charge on any atom is -0.445 e. The largest absolute Gasteiger partial charge is 0.445 e. The molecule has 0 aromatic carbocycles. The number of amidine groups is 1. The monoisotopic (exact) mass is 595 g/mol. The highest BCUT2D eigenvalue weighted by Crippen LogP contribution is 2.40. The summed E-state index contributed by atoms with van der Waals surface area (Å²) in [6, 6.07) is -1.74. The maximum Gasteiger partial charge on any atom is 0.413 e. The van der Waals surface area contributed by atoms with Crippen LogP contribution < -0.4 is 27.9 Å². The molecule has 218 valence electrons. The molecule has 0 bridgehead atoms. The summed E-state index contributed by atoms with van der Waals surface area (Å²) in [6.07, 6.45) is 0.548. The topological polar surface area (TPSA) is 221 Å². The van der Waals surface area contributed by atoms with Gasteiger partial charge in [-0.2, -0.15) is 0 Å². The van der Waals surface area contributed by atoms with Gasteiger partial charge in [0.15, 0.2) is 5.13 Å². The quantitative estimate of drug-likeness (QED) is 0.0679. The highest BCUT2D eigenvalue weighted by Gasteiger charge is 2.55. The number of thioether (sulfide) groups is 1. The van der Waals surface area contributed by atoms with E-state index < -0.39 is 47.1 Å². The molecule has 3 rings (SSSR count). The molecule has 40 heavy (non-hydrogen) atoms. The summed E-state index contributed by atoms with van der Waals surface area (Å²) in [5, 5.41) is 13.4. The van der Waals surface area contributed by atoms with E-state index in [2.05, 4.69) is 20.7 Å². The number of ether oxygens (including phenoxy) is 2. The molecule has 0 radical (unpaired) electrons. The first kappa shape index (κ1) is 30.7. The van der Waals surface area contributed by atoms with Crippen LogP contribution in [0.2, 0.25) is 0 Å². The number of amides is 4. The Hall–Kier alpha value is -3.83. The Balaban J connectivity index is 1.76. The number of hydrogen-bond donors (Lipinski definition) is 5. The third-order valence-corrected chi connectivity index (χ3v) is 7.30. The lowest BCUT2D eigenvalue weighted by Crippen LogP contribution is -2.74. The average molecular weight is 596 g/mol. The van der Waals surface area contributed by atoms with Gasteiger partial charge in [-0.1, -0.05) is 13.0 Å². The first-order valence-corrected chi connectivity index (χ1v) is 13.9. The van der Waals surface area contributed by atoms with E-state index in [0.717, 1.165) is 16.5 Å². The van der Waals surface area contributed by atoms with Crippen molar-refractivity contribution >= 4 is 63.6 Å². The number of thiazole rings is 1. The average Bonchev–Trinajstić information content (AvgIpc) is 3.29. The predicted molar refractivity (Wildman–Crippen MR) is 151 cm³/mol. The van der Waals surface area contributed by atoms with Gasteiger partial charge in [0.05, 0.1) is 11.3 Å². The molecule has 3 atom stereocenters. The number of nitrogens with one attached hydrogen (secondary N) is 2. The van der Waals surface area contributed by atoms with E-state index in [0.29, 0.717) is 17.7 Å². The lowest BCUT2D eigenvalue weighted by atomic mass is 9.97. The number of aromatic nitrogens is 1. The molecule has 1 saturated heterocycles. The molecule has 8 N–H and O–H groups in total. The van der Waals surface area contributed by atoms with Crippen LogP contribution in [0.25, 0.3) is 5.57 Å². The number of hydrazine groups is 1. The lowest BCUT2D eigenvalue weighted by molar-refractivity contribution is -0.148. The van der Waals surface area contributed by atoms with Gasteiger partial charge in [-0.15, -0.1) is 28.2 Å². The Bertz CT molecular complexity index is 1250. The molecule has 4 amide bonds. The maximum atomic E-state index is 13.3. The number of nitrogens with zero attached hydrogens (tertiary/aromatic N) is 4. The van der Waals surface area contributed by atoms with Crippen molar-refractivity contribution in [1.82, 2.24) is 20.3 Å². The van der Waals surface area contributed by atoms with Crippen molar-refractivity contribution in [3.05, 3.63) is 28.1 Å². The van der Waals surface area contributed by atoms with Crippen molar-refractivity contribution in [3.8, 4) is 0 Å². The van der Waals surface area contributed by atoms with E-state index in [9.17, 15) is 19.2 Å². The van der Waals surface area contributed by atoms with Gasteiger partial charge in [0.1, 0.15) is 35.5 Å². The Morgan fingerprint density at radius 3 is 2.60 bits per heavy atom. The number of carbonyl (C=O) groups is 4. The summed E-state index contributed by atoms with van der Waals surface area (Å²) in [6.45, 7) is 6.87. The molecular weight excluding hydrogens is 562 g/mol. The number of rotatable bonds is 9. The molecule has 2 aliphatic heterocycles. The van der Waals surface area contributed by atoms with Gasteiger partial charge in [-0.25, -0.2) is 25.5 Å². The van der Waals surface area contributed by atoms with Crippen LogP contribution in [0.5, 0.6) is 0 Å². The molecule has 0 saturated carbocycles. The number of fused-ring (bicyclic) bond motifs is 1. The van der Waals surface area contributed by atoms with Crippen LogP contribution in [0.3, 0.4) is 0 Å². The molecule has 0 spiro atoms. The third-order valence-electron chi connectivity index (χ3n) is 5.33. The first-order valence-electron chi connectivity index (χ1n) is 12.1. The van der Waals surface area contributed by atoms with Gasteiger partial charge in [-0.3, -0.25) is 14.9 Å². The van der Waals surface area contributed by atoms with Crippen molar-refractivity contribution in [3.63, 3.8) is 0 Å². The molecule has 15 nitrogen and oxygen atoms in total. The highest BCUT2D eigenvalue weighted by molar-refractivity contribution is 8.03. The summed E-state index contributed by atoms with van der Waals surface area (Å²) < 4.78 is 10.1. The van der Waals surface area contributed by atoms with Crippen LogP contribution in [-0.4, -0.2) is 81.6 Å². The second-order valence-electron chi connectivity index (χ2n) is 9.72. The lowest BCUT2D eigenvalue weighted by Gasteiger charge is -2.52. The maximum absolute atomic E-state index is 13.3. The number of β-lactam (4-membered cyclic amide) rings is 1. The van der Waals surface area contributed by atoms with Crippen LogP contribution in [0.4, 0.5) is 14.7 Å². The standard InChI is InChI=1S/C23H33N9O6S2/c1-6-7-12(13-10-40-21(27-13)29-22(36)38-23(2,3)4)17(33)28-14-18(34)32-15(16(24)30-31(5)26)11(8-37-20(25)35)9-39-19(14)32/h7,9-10,14-15,19H,6,8,26H2,1-5H3,(H2,24,30)(H2,25,35)(H,28,33)(H,27,29,36)/b12-7-/t14-,15?,19-/m1/s1. The normalized spacial score (nSPS) is 21.1. The highest BCUT2D eigenvalue weighted by atomic mass is 32.2. The smallest absolute Gasteiger partial charge is 0.413 e. The zero-order chi connectivity index (χ0) is 29.8. The minimum atomic E-state index is -0.986. The number of nitrogens with two attached hydrogens (primary N) is 3.